The summed E-state index contributed by atoms with van der Waals surface area (Å²) in [6, 6.07) is 5.51. The number of hydrogen-bond acceptors (Lipinski definition) is 5. The zero-order valence-corrected chi connectivity index (χ0v) is 12.3. The average Bonchev–Trinajstić information content (AvgIpc) is 2.54. The lowest BCUT2D eigenvalue weighted by Crippen LogP contribution is -2.40. The van der Waals surface area contributed by atoms with E-state index < -0.39 is 0 Å². The van der Waals surface area contributed by atoms with E-state index in [-0.39, 0.29) is 23.3 Å². The lowest BCUT2D eigenvalue weighted by Gasteiger charge is -2.38. The summed E-state index contributed by atoms with van der Waals surface area (Å²) in [5.74, 6) is 0. The monoisotopic (exact) mass is 301 g/mol. The first-order valence-electron chi connectivity index (χ1n) is 7.61. The van der Waals surface area contributed by atoms with Crippen LogP contribution in [0.15, 0.2) is 30.6 Å². The highest BCUT2D eigenvalue weighted by Gasteiger charge is 2.25. The summed E-state index contributed by atoms with van der Waals surface area (Å²) in [6.45, 7) is 1.08. The number of non-ortho nitro benzene ring substituents is 1. The molecule has 6 nitrogen and oxygen atoms in total. The first-order valence-corrected chi connectivity index (χ1v) is 7.61. The second kappa shape index (κ2) is 6.27. The number of anilines is 1. The minimum atomic E-state index is -0.366. The number of nitro groups is 1. The van der Waals surface area contributed by atoms with Gasteiger partial charge >= 0.3 is 0 Å². The van der Waals surface area contributed by atoms with Crippen LogP contribution >= 0.6 is 0 Å². The molecule has 3 rings (SSSR count). The molecule has 1 aliphatic rings. The third-order valence-electron chi connectivity index (χ3n) is 4.37. The van der Waals surface area contributed by atoms with Crippen LogP contribution in [-0.2, 0) is 0 Å². The summed E-state index contributed by atoms with van der Waals surface area (Å²) in [4.78, 5) is 17.2. The Labute approximate surface area is 128 Å². The van der Waals surface area contributed by atoms with Crippen LogP contribution in [0.25, 0.3) is 10.8 Å². The fourth-order valence-electron chi connectivity index (χ4n) is 3.34. The lowest BCUT2D eigenvalue weighted by molar-refractivity contribution is -0.383. The number of rotatable bonds is 4. The van der Waals surface area contributed by atoms with Crippen molar-refractivity contribution in [3.8, 4) is 0 Å². The van der Waals surface area contributed by atoms with Gasteiger partial charge < -0.3 is 10.0 Å². The van der Waals surface area contributed by atoms with Crippen molar-refractivity contribution in [1.29, 1.82) is 0 Å². The summed E-state index contributed by atoms with van der Waals surface area (Å²) >= 11 is 0. The molecule has 6 heteroatoms. The van der Waals surface area contributed by atoms with Gasteiger partial charge in [-0.2, -0.15) is 0 Å². The van der Waals surface area contributed by atoms with Gasteiger partial charge in [0, 0.05) is 48.7 Å². The topological polar surface area (TPSA) is 79.5 Å². The van der Waals surface area contributed by atoms with Crippen molar-refractivity contribution in [1.82, 2.24) is 4.98 Å². The Hall–Kier alpha value is -2.21. The van der Waals surface area contributed by atoms with Crippen LogP contribution < -0.4 is 4.90 Å². The van der Waals surface area contributed by atoms with E-state index >= 15 is 0 Å². The highest BCUT2D eigenvalue weighted by atomic mass is 16.6. The SMILES string of the molecule is O=[N+]([O-])c1ccc(N2CCCCC2CCO)c2ccncc12. The van der Waals surface area contributed by atoms with Gasteiger partial charge in [-0.25, -0.2) is 0 Å². The number of aromatic nitrogens is 1. The van der Waals surface area contributed by atoms with Crippen LogP contribution in [0.5, 0.6) is 0 Å². The zero-order chi connectivity index (χ0) is 15.5. The van der Waals surface area contributed by atoms with Crippen LogP contribution in [-0.4, -0.2) is 34.2 Å². The molecule has 1 atom stereocenters. The maximum Gasteiger partial charge on any atom is 0.278 e. The van der Waals surface area contributed by atoms with Crippen LogP contribution in [0.1, 0.15) is 25.7 Å². The number of nitrogens with zero attached hydrogens (tertiary/aromatic N) is 3. The number of nitro benzene ring substituents is 1. The molecule has 2 heterocycles. The second-order valence-corrected chi connectivity index (χ2v) is 5.64. The van der Waals surface area contributed by atoms with Gasteiger partial charge in [-0.1, -0.05) is 0 Å². The summed E-state index contributed by atoms with van der Waals surface area (Å²) in [5, 5.41) is 21.9. The highest BCUT2D eigenvalue weighted by molar-refractivity contribution is 5.99. The van der Waals surface area contributed by atoms with E-state index in [1.54, 1.807) is 18.5 Å². The smallest absolute Gasteiger partial charge is 0.278 e. The van der Waals surface area contributed by atoms with E-state index in [1.165, 1.54) is 0 Å². The van der Waals surface area contributed by atoms with Crippen molar-refractivity contribution in [2.75, 3.05) is 18.1 Å². The van der Waals surface area contributed by atoms with Crippen LogP contribution in [0.2, 0.25) is 0 Å². The van der Waals surface area contributed by atoms with Gasteiger partial charge in [0.25, 0.3) is 5.69 Å². The first-order chi connectivity index (χ1) is 10.7. The Balaban J connectivity index is 2.10. The van der Waals surface area contributed by atoms with Crippen molar-refractivity contribution in [2.24, 2.45) is 0 Å². The Kier molecular flexibility index (Phi) is 4.20. The number of benzene rings is 1. The quantitative estimate of drug-likeness (QED) is 0.694. The number of aliphatic hydroxyl groups excluding tert-OH is 1. The predicted octanol–water partition coefficient (Wildman–Crippen LogP) is 2.88. The van der Waals surface area contributed by atoms with E-state index in [9.17, 15) is 15.2 Å². The molecule has 1 N–H and O–H groups in total. The van der Waals surface area contributed by atoms with E-state index in [1.807, 2.05) is 12.1 Å². The van der Waals surface area contributed by atoms with Crippen LogP contribution in [0.3, 0.4) is 0 Å². The van der Waals surface area contributed by atoms with Crippen molar-refractivity contribution >= 4 is 22.1 Å². The summed E-state index contributed by atoms with van der Waals surface area (Å²) in [5.41, 5.74) is 1.09. The number of hydrogen-bond donors (Lipinski definition) is 1. The molecule has 1 aromatic heterocycles. The number of aliphatic hydroxyl groups is 1. The van der Waals surface area contributed by atoms with Gasteiger partial charge in [-0.15, -0.1) is 0 Å². The minimum absolute atomic E-state index is 0.0857. The Morgan fingerprint density at radius 1 is 1.32 bits per heavy atom. The standard InChI is InChI=1S/C16H19N3O3/c20-10-7-12-3-1-2-9-18(12)15-4-5-16(19(21)22)14-11-17-8-6-13(14)15/h4-6,8,11-12,20H,1-3,7,9-10H2. The molecule has 1 fully saturated rings. The Morgan fingerprint density at radius 3 is 2.95 bits per heavy atom. The van der Waals surface area contributed by atoms with E-state index in [0.717, 1.165) is 43.3 Å². The molecule has 0 bridgehead atoms. The summed E-state index contributed by atoms with van der Waals surface area (Å²) < 4.78 is 0. The molecule has 1 aliphatic heterocycles. The average molecular weight is 301 g/mol. The molecule has 1 saturated heterocycles. The summed E-state index contributed by atoms with van der Waals surface area (Å²) in [7, 11) is 0. The molecule has 1 aromatic carbocycles. The molecule has 1 unspecified atom stereocenters. The fourth-order valence-corrected chi connectivity index (χ4v) is 3.34. The van der Waals surface area contributed by atoms with Gasteiger partial charge in [-0.3, -0.25) is 15.1 Å². The number of fused-ring (bicyclic) bond motifs is 1. The van der Waals surface area contributed by atoms with Gasteiger partial charge in [0.2, 0.25) is 0 Å². The number of piperidine rings is 1. The third kappa shape index (κ3) is 2.62. The largest absolute Gasteiger partial charge is 0.396 e. The van der Waals surface area contributed by atoms with Crippen molar-refractivity contribution in [3.05, 3.63) is 40.7 Å². The molecule has 0 radical (unpaired) electrons. The van der Waals surface area contributed by atoms with Crippen molar-refractivity contribution in [2.45, 2.75) is 31.7 Å². The molecule has 22 heavy (non-hydrogen) atoms. The zero-order valence-electron chi connectivity index (χ0n) is 12.3. The van der Waals surface area contributed by atoms with Crippen LogP contribution in [0, 0.1) is 10.1 Å². The second-order valence-electron chi connectivity index (χ2n) is 5.64. The fraction of sp³-hybridized carbons (Fsp3) is 0.438. The normalized spacial score (nSPS) is 18.6. The van der Waals surface area contributed by atoms with E-state index in [4.69, 9.17) is 0 Å². The third-order valence-corrected chi connectivity index (χ3v) is 4.37. The minimum Gasteiger partial charge on any atom is -0.396 e. The van der Waals surface area contributed by atoms with Crippen molar-refractivity contribution < 1.29 is 10.0 Å². The first kappa shape index (κ1) is 14.7. The van der Waals surface area contributed by atoms with Crippen LogP contribution in [0.4, 0.5) is 11.4 Å². The highest BCUT2D eigenvalue weighted by Crippen LogP contribution is 2.36. The van der Waals surface area contributed by atoms with Gasteiger partial charge in [-0.05, 0) is 37.8 Å². The molecular formula is C16H19N3O3. The maximum atomic E-state index is 11.2. The molecule has 116 valence electrons. The van der Waals surface area contributed by atoms with Crippen molar-refractivity contribution in [3.63, 3.8) is 0 Å². The molecule has 2 aromatic rings. The maximum absolute atomic E-state index is 11.2. The Morgan fingerprint density at radius 2 is 2.18 bits per heavy atom. The van der Waals surface area contributed by atoms with Gasteiger partial charge in [0.1, 0.15) is 0 Å². The summed E-state index contributed by atoms with van der Waals surface area (Å²) in [6.07, 6.45) is 7.26. The van der Waals surface area contributed by atoms with E-state index in [2.05, 4.69) is 9.88 Å². The van der Waals surface area contributed by atoms with Gasteiger partial charge in [0.15, 0.2) is 0 Å². The molecule has 0 amide bonds. The van der Waals surface area contributed by atoms with E-state index in [0.29, 0.717) is 5.39 Å². The lowest BCUT2D eigenvalue weighted by atomic mass is 9.97. The molecule has 0 saturated carbocycles. The predicted molar refractivity (Wildman–Crippen MR) is 85.1 cm³/mol. The number of pyridine rings is 1. The molecular weight excluding hydrogens is 282 g/mol. The van der Waals surface area contributed by atoms with Gasteiger partial charge in [0.05, 0.1) is 10.3 Å². The molecule has 0 aliphatic carbocycles. The Bertz CT molecular complexity index is 687. The molecule has 0 spiro atoms.